The van der Waals surface area contributed by atoms with E-state index in [0.717, 1.165) is 11.8 Å². The molecule has 0 saturated carbocycles. The van der Waals surface area contributed by atoms with Crippen molar-refractivity contribution < 1.29 is 24.9 Å². The summed E-state index contributed by atoms with van der Waals surface area (Å²) in [7, 11) is 0. The maximum Gasteiger partial charge on any atom is 0.407 e. The number of para-hydroxylation sites is 1. The molecule has 1 amide bonds. The number of carboxylic acid groups (broad SMARTS) is 1. The van der Waals surface area contributed by atoms with Crippen LogP contribution in [0.5, 0.6) is 0 Å². The molecule has 1 saturated heterocycles. The van der Waals surface area contributed by atoms with E-state index >= 15 is 0 Å². The van der Waals surface area contributed by atoms with Crippen molar-refractivity contribution in [2.45, 2.75) is 29.1 Å². The first-order valence-electron chi connectivity index (χ1n) is 9.61. The molecule has 1 aromatic heterocycles. The molecule has 1 atom stereocenters. The molecule has 1 fully saturated rings. The molecule has 0 bridgehead atoms. The van der Waals surface area contributed by atoms with Crippen molar-refractivity contribution in [2.75, 3.05) is 32.7 Å². The highest BCUT2D eigenvalue weighted by atomic mass is 32.2. The van der Waals surface area contributed by atoms with Crippen LogP contribution in [0.2, 0.25) is 0 Å². The second-order valence-electron chi connectivity index (χ2n) is 7.64. The first-order chi connectivity index (χ1) is 15.1. The fourth-order valence-electron chi connectivity index (χ4n) is 3.46. The minimum Gasteiger partial charge on any atom is -0.465 e. The van der Waals surface area contributed by atoms with Crippen LogP contribution in [0.3, 0.4) is 0 Å². The van der Waals surface area contributed by atoms with Crippen molar-refractivity contribution in [1.29, 1.82) is 0 Å². The second kappa shape index (κ2) is 9.50. The predicted octanol–water partition coefficient (Wildman–Crippen LogP) is 1.90. The monoisotopic (exact) mass is 466 g/mol. The van der Waals surface area contributed by atoms with Gasteiger partial charge < -0.3 is 25.2 Å². The maximum atomic E-state index is 11.3. The maximum absolute atomic E-state index is 11.3. The number of carbonyl (C=O) groups is 1. The topological polar surface area (TPSA) is 168 Å². The molecule has 0 spiro atoms. The molecule has 2 heterocycles. The molecule has 1 aliphatic heterocycles. The van der Waals surface area contributed by atoms with Crippen molar-refractivity contribution in [3.05, 3.63) is 50.7 Å². The summed E-state index contributed by atoms with van der Waals surface area (Å²) in [6, 6.07) is 5.99. The molecule has 2 aromatic rings. The molecule has 3 rings (SSSR count). The Bertz CT molecular complexity index is 1020. The molecular formula is C18H22N6O7S. The number of piperazine rings is 1. The Balaban J connectivity index is 1.78. The van der Waals surface area contributed by atoms with Gasteiger partial charge in [0, 0.05) is 38.8 Å². The van der Waals surface area contributed by atoms with Gasteiger partial charge in [-0.25, -0.2) is 4.79 Å². The van der Waals surface area contributed by atoms with E-state index in [1.165, 1.54) is 33.9 Å². The number of aromatic nitrogens is 2. The number of nitro benzene ring substituents is 1. The molecule has 172 valence electrons. The zero-order valence-electron chi connectivity index (χ0n) is 17.2. The third kappa shape index (κ3) is 5.72. The van der Waals surface area contributed by atoms with Gasteiger partial charge in [0.05, 0.1) is 22.0 Å². The summed E-state index contributed by atoms with van der Waals surface area (Å²) in [5, 5.41) is 42.7. The molecule has 2 N–H and O–H groups in total. The van der Waals surface area contributed by atoms with Gasteiger partial charge in [-0.05, 0) is 34.7 Å². The number of nitrogens with zero attached hydrogens (tertiary/aromatic N) is 6. The Morgan fingerprint density at radius 3 is 2.41 bits per heavy atom. The van der Waals surface area contributed by atoms with Gasteiger partial charge in [-0.1, -0.05) is 12.1 Å². The standard InChI is InChI=1S/C18H22N6O7S/c1-18(27,11-20-6-8-21(9-7-20)17(25)26)12-22-10-15(24(30)31)19-16(22)32-14-5-3-2-4-13(14)23(28)29/h2-5,10,27H,6-9,11-12H2,1H3,(H,25,26)/t18-/m0/s1. The van der Waals surface area contributed by atoms with Crippen LogP contribution in [0.1, 0.15) is 6.92 Å². The Kier molecular flexibility index (Phi) is 6.96. The Morgan fingerprint density at radius 2 is 1.81 bits per heavy atom. The molecule has 0 unspecified atom stereocenters. The largest absolute Gasteiger partial charge is 0.465 e. The zero-order valence-corrected chi connectivity index (χ0v) is 18.0. The quantitative estimate of drug-likeness (QED) is 0.433. The van der Waals surface area contributed by atoms with E-state index in [2.05, 4.69) is 4.98 Å². The predicted molar refractivity (Wildman–Crippen MR) is 113 cm³/mol. The molecule has 0 radical (unpaired) electrons. The highest BCUT2D eigenvalue weighted by molar-refractivity contribution is 7.99. The molecule has 14 heteroatoms. The van der Waals surface area contributed by atoms with Crippen LogP contribution in [0.25, 0.3) is 0 Å². The van der Waals surface area contributed by atoms with Gasteiger partial charge in [0.25, 0.3) is 10.8 Å². The van der Waals surface area contributed by atoms with Crippen LogP contribution in [0.4, 0.5) is 16.3 Å². The number of imidazole rings is 1. The highest BCUT2D eigenvalue weighted by Gasteiger charge is 2.31. The summed E-state index contributed by atoms with van der Waals surface area (Å²) in [6.07, 6.45) is 0.201. The lowest BCUT2D eigenvalue weighted by atomic mass is 10.1. The van der Waals surface area contributed by atoms with Gasteiger partial charge in [0.1, 0.15) is 6.20 Å². The van der Waals surface area contributed by atoms with Crippen LogP contribution in [0.15, 0.2) is 40.5 Å². The fourth-order valence-corrected chi connectivity index (χ4v) is 4.42. The average molecular weight is 466 g/mol. The third-order valence-electron chi connectivity index (χ3n) is 4.90. The van der Waals surface area contributed by atoms with E-state index in [1.54, 1.807) is 13.0 Å². The average Bonchev–Trinajstić information content (AvgIpc) is 3.10. The van der Waals surface area contributed by atoms with Gasteiger partial charge in [-0.3, -0.25) is 19.6 Å². The summed E-state index contributed by atoms with van der Waals surface area (Å²) in [5.74, 6) is -0.433. The number of hydrogen-bond acceptors (Lipinski definition) is 9. The molecule has 13 nitrogen and oxygen atoms in total. The van der Waals surface area contributed by atoms with Crippen molar-refractivity contribution in [1.82, 2.24) is 19.4 Å². The molecule has 32 heavy (non-hydrogen) atoms. The fraction of sp³-hybridized carbons (Fsp3) is 0.444. The minimum atomic E-state index is -1.32. The van der Waals surface area contributed by atoms with Crippen LogP contribution in [-0.4, -0.2) is 83.8 Å². The Labute approximate surface area is 186 Å². The molecule has 1 aliphatic rings. The number of aliphatic hydroxyl groups is 1. The van der Waals surface area contributed by atoms with Gasteiger partial charge in [0.2, 0.25) is 0 Å². The number of rotatable bonds is 8. The second-order valence-corrected chi connectivity index (χ2v) is 8.65. The van der Waals surface area contributed by atoms with Crippen molar-refractivity contribution in [3.8, 4) is 0 Å². The first-order valence-corrected chi connectivity index (χ1v) is 10.4. The van der Waals surface area contributed by atoms with Crippen LogP contribution in [0, 0.1) is 20.2 Å². The minimum absolute atomic E-state index is 0.0457. The van der Waals surface area contributed by atoms with Crippen molar-refractivity contribution in [3.63, 3.8) is 0 Å². The lowest BCUT2D eigenvalue weighted by molar-refractivity contribution is -0.389. The number of benzene rings is 1. The van der Waals surface area contributed by atoms with Gasteiger partial charge in [-0.15, -0.1) is 0 Å². The van der Waals surface area contributed by atoms with Crippen molar-refractivity contribution >= 4 is 29.4 Å². The summed E-state index contributed by atoms with van der Waals surface area (Å²) in [5.41, 5.74) is -1.48. The third-order valence-corrected chi connectivity index (χ3v) is 5.97. The van der Waals surface area contributed by atoms with E-state index in [1.807, 2.05) is 4.90 Å². The van der Waals surface area contributed by atoms with Crippen LogP contribution < -0.4 is 0 Å². The van der Waals surface area contributed by atoms with Crippen LogP contribution in [-0.2, 0) is 6.54 Å². The van der Waals surface area contributed by atoms with E-state index in [-0.39, 0.29) is 28.8 Å². The van der Waals surface area contributed by atoms with E-state index in [9.17, 15) is 30.1 Å². The highest BCUT2D eigenvalue weighted by Crippen LogP contribution is 2.35. The number of nitro groups is 2. The van der Waals surface area contributed by atoms with Crippen LogP contribution >= 0.6 is 11.8 Å². The lowest BCUT2D eigenvalue weighted by Crippen LogP contribution is -2.53. The SMILES string of the molecule is C[C@](O)(CN1CCN(C(=O)O)CC1)Cn1cc([N+](=O)[O-])nc1Sc1ccccc1[N+](=O)[O-]. The normalized spacial score (nSPS) is 16.5. The summed E-state index contributed by atoms with van der Waals surface area (Å²) < 4.78 is 1.41. The van der Waals surface area contributed by atoms with E-state index in [4.69, 9.17) is 5.11 Å². The van der Waals surface area contributed by atoms with Crippen molar-refractivity contribution in [2.24, 2.45) is 0 Å². The summed E-state index contributed by atoms with van der Waals surface area (Å²) >= 11 is 0.907. The zero-order chi connectivity index (χ0) is 23.5. The smallest absolute Gasteiger partial charge is 0.407 e. The Hall–Kier alpha value is -3.23. The molecule has 0 aliphatic carbocycles. The molecule has 1 aromatic carbocycles. The number of hydrogen-bond donors (Lipinski definition) is 2. The Morgan fingerprint density at radius 1 is 1.16 bits per heavy atom. The number of amides is 1. The van der Waals surface area contributed by atoms with Gasteiger partial charge in [0.15, 0.2) is 0 Å². The first kappa shape index (κ1) is 23.4. The summed E-state index contributed by atoms with van der Waals surface area (Å²) in [4.78, 5) is 39.8. The van der Waals surface area contributed by atoms with Gasteiger partial charge >= 0.3 is 11.9 Å². The van der Waals surface area contributed by atoms with E-state index in [0.29, 0.717) is 26.2 Å². The van der Waals surface area contributed by atoms with E-state index < -0.39 is 27.4 Å². The van der Waals surface area contributed by atoms with Gasteiger partial charge in [-0.2, -0.15) is 0 Å². The number of β-amino-alcohol motifs (C(OH)–C–C–N with tert-alkyl or cyclic N) is 1. The molecular weight excluding hydrogens is 444 g/mol. The lowest BCUT2D eigenvalue weighted by Gasteiger charge is -2.37. The summed E-state index contributed by atoms with van der Waals surface area (Å²) in [6.45, 7) is 3.27.